The van der Waals surface area contributed by atoms with Crippen molar-refractivity contribution in [3.05, 3.63) is 89.2 Å². The van der Waals surface area contributed by atoms with E-state index in [1.165, 1.54) is 30.7 Å². The molecule has 34 heavy (non-hydrogen) atoms. The highest BCUT2D eigenvalue weighted by Crippen LogP contribution is 2.42. The van der Waals surface area contributed by atoms with E-state index in [4.69, 9.17) is 0 Å². The van der Waals surface area contributed by atoms with Crippen LogP contribution in [0.25, 0.3) is 0 Å². The Kier molecular flexibility index (Phi) is 6.68. The molecular formula is C28H27FN2O2S. The molecule has 0 atom stereocenters. The highest BCUT2D eigenvalue weighted by atomic mass is 32.2. The van der Waals surface area contributed by atoms with Crippen LogP contribution in [-0.2, 0) is 6.54 Å². The van der Waals surface area contributed by atoms with Gasteiger partial charge in [0.25, 0.3) is 11.8 Å². The summed E-state index contributed by atoms with van der Waals surface area (Å²) in [4.78, 5) is 30.1. The molecule has 0 radical (unpaired) electrons. The van der Waals surface area contributed by atoms with Gasteiger partial charge in [-0.05, 0) is 49.2 Å². The highest BCUT2D eigenvalue weighted by Gasteiger charge is 2.29. The molecule has 6 heteroatoms. The molecule has 1 saturated carbocycles. The lowest BCUT2D eigenvalue weighted by atomic mass is 10.1. The van der Waals surface area contributed by atoms with E-state index in [1.807, 2.05) is 30.3 Å². The lowest BCUT2D eigenvalue weighted by molar-refractivity contribution is 0.0931. The summed E-state index contributed by atoms with van der Waals surface area (Å²) in [6, 6.07) is 19.6. The third-order valence-corrected chi connectivity index (χ3v) is 7.71. The van der Waals surface area contributed by atoms with Gasteiger partial charge in [-0.2, -0.15) is 0 Å². The Labute approximate surface area is 203 Å². The standard InChI is InChI=1S/C28H27FN2O2S/c29-23-13-7-5-9-20(23)18-31-24-17-19(27(32)30-21-10-3-1-2-4-11-21)15-16-26(24)34-25-14-8-6-12-22(25)28(31)33/h5-9,12-17,21H,1-4,10-11,18H2,(H,30,32). The summed E-state index contributed by atoms with van der Waals surface area (Å²) in [5.41, 5.74) is 2.15. The predicted octanol–water partition coefficient (Wildman–Crippen LogP) is 6.59. The molecule has 4 nitrogen and oxygen atoms in total. The van der Waals surface area contributed by atoms with Crippen LogP contribution in [-0.4, -0.2) is 17.9 Å². The summed E-state index contributed by atoms with van der Waals surface area (Å²) < 4.78 is 14.5. The van der Waals surface area contributed by atoms with Crippen LogP contribution in [0.4, 0.5) is 10.1 Å². The molecule has 5 rings (SSSR count). The molecule has 0 aromatic heterocycles. The van der Waals surface area contributed by atoms with Crippen molar-refractivity contribution in [2.24, 2.45) is 0 Å². The van der Waals surface area contributed by atoms with E-state index >= 15 is 0 Å². The van der Waals surface area contributed by atoms with E-state index in [2.05, 4.69) is 5.32 Å². The number of benzene rings is 3. The topological polar surface area (TPSA) is 49.4 Å². The molecule has 1 heterocycles. The van der Waals surface area contributed by atoms with Crippen molar-refractivity contribution in [3.8, 4) is 0 Å². The van der Waals surface area contributed by atoms with Gasteiger partial charge in [-0.15, -0.1) is 0 Å². The Morgan fingerprint density at radius 2 is 1.68 bits per heavy atom. The number of hydrogen-bond acceptors (Lipinski definition) is 3. The number of halogens is 1. The normalized spacial score (nSPS) is 16.3. The number of nitrogens with one attached hydrogen (secondary N) is 1. The Balaban J connectivity index is 1.51. The van der Waals surface area contributed by atoms with Crippen LogP contribution < -0.4 is 10.2 Å². The largest absolute Gasteiger partial charge is 0.349 e. The zero-order valence-corrected chi connectivity index (χ0v) is 19.7. The number of amides is 2. The lowest BCUT2D eigenvalue weighted by Crippen LogP contribution is -2.35. The molecule has 1 aliphatic carbocycles. The first-order chi connectivity index (χ1) is 16.6. The second-order valence-corrected chi connectivity index (χ2v) is 10.0. The summed E-state index contributed by atoms with van der Waals surface area (Å²) >= 11 is 1.50. The van der Waals surface area contributed by atoms with Gasteiger partial charge >= 0.3 is 0 Å². The second-order valence-electron chi connectivity index (χ2n) is 8.93. The van der Waals surface area contributed by atoms with Crippen LogP contribution in [0.1, 0.15) is 64.8 Å². The van der Waals surface area contributed by atoms with Crippen molar-refractivity contribution in [1.29, 1.82) is 0 Å². The van der Waals surface area contributed by atoms with Crippen LogP contribution in [0.5, 0.6) is 0 Å². The predicted molar refractivity (Wildman–Crippen MR) is 133 cm³/mol. The van der Waals surface area contributed by atoms with Gasteiger partial charge in [-0.3, -0.25) is 9.59 Å². The van der Waals surface area contributed by atoms with Crippen LogP contribution in [0.15, 0.2) is 76.5 Å². The summed E-state index contributed by atoms with van der Waals surface area (Å²) in [6.45, 7) is 0.0844. The van der Waals surface area contributed by atoms with Crippen LogP contribution in [0.3, 0.4) is 0 Å². The molecule has 0 spiro atoms. The highest BCUT2D eigenvalue weighted by molar-refractivity contribution is 7.99. The minimum Gasteiger partial charge on any atom is -0.349 e. The third-order valence-electron chi connectivity index (χ3n) is 6.57. The number of hydrogen-bond donors (Lipinski definition) is 1. The minimum absolute atomic E-state index is 0.0844. The zero-order valence-electron chi connectivity index (χ0n) is 18.9. The molecule has 2 amide bonds. The van der Waals surface area contributed by atoms with Crippen molar-refractivity contribution >= 4 is 29.3 Å². The van der Waals surface area contributed by atoms with Gasteiger partial charge < -0.3 is 10.2 Å². The molecule has 174 valence electrons. The van der Waals surface area contributed by atoms with Crippen molar-refractivity contribution in [2.75, 3.05) is 4.90 Å². The summed E-state index contributed by atoms with van der Waals surface area (Å²) in [5.74, 6) is -0.685. The third kappa shape index (κ3) is 4.73. The molecule has 3 aromatic carbocycles. The minimum atomic E-state index is -0.357. The molecule has 0 saturated heterocycles. The van der Waals surface area contributed by atoms with Crippen LogP contribution in [0.2, 0.25) is 0 Å². The quantitative estimate of drug-likeness (QED) is 0.434. The van der Waals surface area contributed by atoms with E-state index < -0.39 is 0 Å². The fraction of sp³-hybridized carbons (Fsp3) is 0.286. The first kappa shape index (κ1) is 22.7. The Morgan fingerprint density at radius 1 is 0.941 bits per heavy atom. The fourth-order valence-electron chi connectivity index (χ4n) is 4.71. The second kappa shape index (κ2) is 10.0. The maximum absolute atomic E-state index is 14.5. The molecule has 2 aliphatic rings. The monoisotopic (exact) mass is 474 g/mol. The van der Waals surface area contributed by atoms with Crippen molar-refractivity contribution in [2.45, 2.75) is 60.9 Å². The van der Waals surface area contributed by atoms with Crippen LogP contribution in [0, 0.1) is 5.82 Å². The number of rotatable bonds is 4. The van der Waals surface area contributed by atoms with E-state index in [0.29, 0.717) is 22.4 Å². The van der Waals surface area contributed by atoms with Crippen LogP contribution >= 0.6 is 11.8 Å². The Hall–Kier alpha value is -3.12. The number of fused-ring (bicyclic) bond motifs is 2. The lowest BCUT2D eigenvalue weighted by Gasteiger charge is -2.24. The van der Waals surface area contributed by atoms with E-state index in [1.54, 1.807) is 35.2 Å². The fourth-order valence-corrected chi connectivity index (χ4v) is 5.77. The maximum Gasteiger partial charge on any atom is 0.259 e. The van der Waals surface area contributed by atoms with Crippen molar-refractivity contribution in [3.63, 3.8) is 0 Å². The average molecular weight is 475 g/mol. The summed E-state index contributed by atoms with van der Waals surface area (Å²) in [6.07, 6.45) is 6.70. The Bertz CT molecular complexity index is 1220. The average Bonchev–Trinajstić information content (AvgIpc) is 3.17. The summed E-state index contributed by atoms with van der Waals surface area (Å²) in [5, 5.41) is 3.19. The first-order valence-corrected chi connectivity index (χ1v) is 12.7. The molecule has 1 N–H and O–H groups in total. The number of carbonyl (C=O) groups excluding carboxylic acids is 2. The van der Waals surface area contributed by atoms with Gasteiger partial charge in [0.2, 0.25) is 0 Å². The van der Waals surface area contributed by atoms with E-state index in [-0.39, 0.29) is 30.2 Å². The van der Waals surface area contributed by atoms with E-state index in [9.17, 15) is 14.0 Å². The van der Waals surface area contributed by atoms with E-state index in [0.717, 1.165) is 35.5 Å². The molecule has 1 aliphatic heterocycles. The molecule has 1 fully saturated rings. The molecular weight excluding hydrogens is 447 g/mol. The van der Waals surface area contributed by atoms with Crippen molar-refractivity contribution in [1.82, 2.24) is 5.32 Å². The molecule has 0 unspecified atom stereocenters. The Morgan fingerprint density at radius 3 is 2.47 bits per heavy atom. The summed E-state index contributed by atoms with van der Waals surface area (Å²) in [7, 11) is 0. The first-order valence-electron chi connectivity index (χ1n) is 11.9. The molecule has 3 aromatic rings. The van der Waals surface area contributed by atoms with Gasteiger partial charge in [0.05, 0.1) is 17.8 Å². The number of carbonyl (C=O) groups is 2. The number of anilines is 1. The van der Waals surface area contributed by atoms with Gasteiger partial charge in [-0.1, -0.05) is 67.8 Å². The van der Waals surface area contributed by atoms with Gasteiger partial charge in [0.15, 0.2) is 0 Å². The van der Waals surface area contributed by atoms with Gasteiger partial charge in [-0.25, -0.2) is 4.39 Å². The maximum atomic E-state index is 14.5. The number of nitrogens with zero attached hydrogens (tertiary/aromatic N) is 1. The van der Waals surface area contributed by atoms with Gasteiger partial charge in [0.1, 0.15) is 5.82 Å². The van der Waals surface area contributed by atoms with Crippen molar-refractivity contribution < 1.29 is 14.0 Å². The zero-order chi connectivity index (χ0) is 23.5. The smallest absolute Gasteiger partial charge is 0.259 e. The van der Waals surface area contributed by atoms with Gasteiger partial charge in [0, 0.05) is 27.0 Å². The SMILES string of the molecule is O=C(NC1CCCCCC1)c1ccc2c(c1)N(Cc1ccccc1F)C(=O)c1ccccc1S2. The molecule has 0 bridgehead atoms.